The molecule has 1 aliphatic rings. The van der Waals surface area contributed by atoms with Crippen molar-refractivity contribution in [3.8, 4) is 0 Å². The predicted octanol–water partition coefficient (Wildman–Crippen LogP) is 1.29. The second kappa shape index (κ2) is 4.25. The van der Waals surface area contributed by atoms with Crippen LogP contribution in [-0.2, 0) is 9.59 Å². The number of carbonyl (C=O) groups is 2. The van der Waals surface area contributed by atoms with E-state index in [9.17, 15) is 9.59 Å². The van der Waals surface area contributed by atoms with Crippen LogP contribution in [0.25, 0.3) is 0 Å². The van der Waals surface area contributed by atoms with Gasteiger partial charge in [0.25, 0.3) is 0 Å². The number of benzene rings is 1. The van der Waals surface area contributed by atoms with E-state index >= 15 is 0 Å². The summed E-state index contributed by atoms with van der Waals surface area (Å²) in [5.41, 5.74) is 6.00. The quantitative estimate of drug-likeness (QED) is 0.888. The molecule has 1 aromatic carbocycles. The maximum Gasteiger partial charge on any atom is 0.227 e. The highest BCUT2D eigenvalue weighted by atomic mass is 79.9. The number of carbonyl (C=O) groups excluding carboxylic acids is 2. The fraction of sp³-hybridized carbons (Fsp3) is 0.273. The van der Waals surface area contributed by atoms with E-state index in [0.717, 1.165) is 10.2 Å². The zero-order chi connectivity index (χ0) is 11.7. The van der Waals surface area contributed by atoms with E-state index in [0.29, 0.717) is 6.54 Å². The first-order valence-corrected chi connectivity index (χ1v) is 5.72. The summed E-state index contributed by atoms with van der Waals surface area (Å²) in [5.74, 6) is -0.824. The Balaban J connectivity index is 2.20. The zero-order valence-corrected chi connectivity index (χ0v) is 10.1. The van der Waals surface area contributed by atoms with Gasteiger partial charge in [0.2, 0.25) is 11.8 Å². The third-order valence-electron chi connectivity index (χ3n) is 2.67. The molecule has 1 saturated heterocycles. The number of hydrogen-bond acceptors (Lipinski definition) is 2. The number of nitrogens with two attached hydrogens (primary N) is 1. The topological polar surface area (TPSA) is 63.4 Å². The van der Waals surface area contributed by atoms with Crippen molar-refractivity contribution in [2.45, 2.75) is 6.42 Å². The highest BCUT2D eigenvalue weighted by molar-refractivity contribution is 9.10. The Hall–Kier alpha value is -1.36. The fourth-order valence-electron chi connectivity index (χ4n) is 1.77. The molecule has 0 saturated carbocycles. The van der Waals surface area contributed by atoms with Crippen LogP contribution in [0, 0.1) is 5.92 Å². The molecule has 2 N–H and O–H groups in total. The number of halogens is 1. The molecule has 2 rings (SSSR count). The number of primary amides is 1. The summed E-state index contributed by atoms with van der Waals surface area (Å²) in [4.78, 5) is 24.3. The maximum absolute atomic E-state index is 11.7. The summed E-state index contributed by atoms with van der Waals surface area (Å²) >= 11 is 3.33. The number of hydrogen-bond donors (Lipinski definition) is 1. The van der Waals surface area contributed by atoms with Crippen molar-refractivity contribution in [3.63, 3.8) is 0 Å². The van der Waals surface area contributed by atoms with Crippen LogP contribution in [0.3, 0.4) is 0 Å². The molecule has 0 unspecified atom stereocenters. The van der Waals surface area contributed by atoms with E-state index in [2.05, 4.69) is 15.9 Å². The maximum atomic E-state index is 11.7. The Labute approximate surface area is 102 Å². The van der Waals surface area contributed by atoms with Gasteiger partial charge in [-0.2, -0.15) is 0 Å². The minimum Gasteiger partial charge on any atom is -0.369 e. The van der Waals surface area contributed by atoms with Crippen LogP contribution in [0.5, 0.6) is 0 Å². The summed E-state index contributed by atoms with van der Waals surface area (Å²) in [6, 6.07) is 7.40. The highest BCUT2D eigenvalue weighted by Crippen LogP contribution is 2.26. The average Bonchev–Trinajstić information content (AvgIpc) is 2.62. The second-order valence-corrected chi connectivity index (χ2v) is 4.70. The van der Waals surface area contributed by atoms with Crippen molar-refractivity contribution in [1.82, 2.24) is 0 Å². The molecule has 1 aromatic rings. The van der Waals surface area contributed by atoms with Gasteiger partial charge in [-0.3, -0.25) is 9.59 Å². The first-order chi connectivity index (χ1) is 7.58. The number of amides is 2. The normalized spacial score (nSPS) is 20.2. The van der Waals surface area contributed by atoms with Crippen molar-refractivity contribution < 1.29 is 9.59 Å². The number of rotatable bonds is 2. The van der Waals surface area contributed by atoms with Crippen LogP contribution in [0.15, 0.2) is 28.7 Å². The molecule has 0 aliphatic carbocycles. The summed E-state index contributed by atoms with van der Waals surface area (Å²) in [5, 5.41) is 0. The summed E-state index contributed by atoms with van der Waals surface area (Å²) in [6.07, 6.45) is 0.214. The molecular formula is C11H11BrN2O2. The van der Waals surface area contributed by atoms with Crippen molar-refractivity contribution >= 4 is 33.4 Å². The van der Waals surface area contributed by atoms with Crippen LogP contribution in [0.2, 0.25) is 0 Å². The van der Waals surface area contributed by atoms with Crippen LogP contribution in [-0.4, -0.2) is 18.4 Å². The van der Waals surface area contributed by atoms with Crippen LogP contribution >= 0.6 is 15.9 Å². The number of nitrogens with zero attached hydrogens (tertiary/aromatic N) is 1. The second-order valence-electron chi connectivity index (χ2n) is 3.78. The van der Waals surface area contributed by atoms with Crippen molar-refractivity contribution in [2.75, 3.05) is 11.4 Å². The summed E-state index contributed by atoms with van der Waals surface area (Å²) < 4.78 is 0.953. The lowest BCUT2D eigenvalue weighted by atomic mass is 10.1. The molecule has 2 amide bonds. The smallest absolute Gasteiger partial charge is 0.227 e. The third-order valence-corrected chi connectivity index (χ3v) is 3.19. The van der Waals surface area contributed by atoms with E-state index in [1.54, 1.807) is 4.90 Å². The SMILES string of the molecule is NC(=O)[C@H]1CC(=O)N(c2ccc(Br)cc2)C1. The van der Waals surface area contributed by atoms with E-state index < -0.39 is 5.91 Å². The van der Waals surface area contributed by atoms with Gasteiger partial charge in [0.1, 0.15) is 0 Å². The average molecular weight is 283 g/mol. The van der Waals surface area contributed by atoms with Crippen molar-refractivity contribution in [3.05, 3.63) is 28.7 Å². The Morgan fingerprint density at radius 3 is 2.50 bits per heavy atom. The molecule has 5 heteroatoms. The number of anilines is 1. The van der Waals surface area contributed by atoms with Crippen LogP contribution in [0.1, 0.15) is 6.42 Å². The molecule has 1 fully saturated rings. The Bertz CT molecular complexity index is 430. The van der Waals surface area contributed by atoms with Gasteiger partial charge in [-0.15, -0.1) is 0 Å². The fourth-order valence-corrected chi connectivity index (χ4v) is 2.03. The molecule has 4 nitrogen and oxygen atoms in total. The van der Waals surface area contributed by atoms with Gasteiger partial charge in [-0.25, -0.2) is 0 Å². The first-order valence-electron chi connectivity index (χ1n) is 4.93. The molecular weight excluding hydrogens is 272 g/mol. The molecule has 16 heavy (non-hydrogen) atoms. The lowest BCUT2D eigenvalue weighted by molar-refractivity contribution is -0.123. The van der Waals surface area contributed by atoms with E-state index in [1.807, 2.05) is 24.3 Å². The minimum atomic E-state index is -0.409. The predicted molar refractivity (Wildman–Crippen MR) is 63.8 cm³/mol. The van der Waals surface area contributed by atoms with Gasteiger partial charge in [-0.05, 0) is 24.3 Å². The molecule has 1 aliphatic heterocycles. The third kappa shape index (κ3) is 2.09. The monoisotopic (exact) mass is 282 g/mol. The standard InChI is InChI=1S/C11H11BrN2O2/c12-8-1-3-9(4-2-8)14-6-7(11(13)16)5-10(14)15/h1-4,7H,5-6H2,(H2,13,16)/t7-/m0/s1. The molecule has 0 spiro atoms. The lowest BCUT2D eigenvalue weighted by Crippen LogP contribution is -2.28. The van der Waals surface area contributed by atoms with E-state index in [4.69, 9.17) is 5.73 Å². The van der Waals surface area contributed by atoms with E-state index in [-0.39, 0.29) is 18.2 Å². The highest BCUT2D eigenvalue weighted by Gasteiger charge is 2.33. The summed E-state index contributed by atoms with van der Waals surface area (Å²) in [6.45, 7) is 0.385. The van der Waals surface area contributed by atoms with Gasteiger partial charge in [0.05, 0.1) is 5.92 Å². The van der Waals surface area contributed by atoms with Crippen LogP contribution < -0.4 is 10.6 Å². The van der Waals surface area contributed by atoms with E-state index in [1.165, 1.54) is 0 Å². The molecule has 0 radical (unpaired) electrons. The Morgan fingerprint density at radius 2 is 2.00 bits per heavy atom. The molecule has 1 heterocycles. The first kappa shape index (κ1) is 11.1. The Kier molecular flexibility index (Phi) is 2.96. The van der Waals surface area contributed by atoms with Gasteiger partial charge < -0.3 is 10.6 Å². The molecule has 84 valence electrons. The molecule has 0 aromatic heterocycles. The van der Waals surface area contributed by atoms with Crippen molar-refractivity contribution in [2.24, 2.45) is 11.7 Å². The van der Waals surface area contributed by atoms with Crippen LogP contribution in [0.4, 0.5) is 5.69 Å². The molecule has 0 bridgehead atoms. The minimum absolute atomic E-state index is 0.0499. The summed E-state index contributed by atoms with van der Waals surface area (Å²) in [7, 11) is 0. The largest absolute Gasteiger partial charge is 0.369 e. The molecule has 1 atom stereocenters. The zero-order valence-electron chi connectivity index (χ0n) is 8.52. The van der Waals surface area contributed by atoms with Crippen molar-refractivity contribution in [1.29, 1.82) is 0 Å². The van der Waals surface area contributed by atoms with Gasteiger partial charge in [0, 0.05) is 23.1 Å². The Morgan fingerprint density at radius 1 is 1.38 bits per heavy atom. The van der Waals surface area contributed by atoms with Gasteiger partial charge in [-0.1, -0.05) is 15.9 Å². The van der Waals surface area contributed by atoms with Gasteiger partial charge in [0.15, 0.2) is 0 Å². The lowest BCUT2D eigenvalue weighted by Gasteiger charge is -2.16. The van der Waals surface area contributed by atoms with Gasteiger partial charge >= 0.3 is 0 Å².